The second-order valence-electron chi connectivity index (χ2n) is 4.92. The standard InChI is InChI=1S/C16H16N2O4/c19-13-5-3-8-17-15(13)16(20)18-12-4-1-2-6-14(12)22-11-7-9-21-10-11/h1-6,8,11,19H,7,9-10H2,(H,18,20)/t11-/m1/s1. The Kier molecular flexibility index (Phi) is 4.20. The number of aromatic hydroxyl groups is 1. The van der Waals surface area contributed by atoms with Crippen LogP contribution in [0.25, 0.3) is 0 Å². The Hall–Kier alpha value is -2.60. The minimum absolute atomic E-state index is 0.0127. The van der Waals surface area contributed by atoms with E-state index in [-0.39, 0.29) is 17.5 Å². The Balaban J connectivity index is 1.77. The maximum atomic E-state index is 12.2. The van der Waals surface area contributed by atoms with Gasteiger partial charge in [0.2, 0.25) is 0 Å². The van der Waals surface area contributed by atoms with Gasteiger partial charge in [-0.15, -0.1) is 0 Å². The summed E-state index contributed by atoms with van der Waals surface area (Å²) in [7, 11) is 0. The van der Waals surface area contributed by atoms with E-state index in [4.69, 9.17) is 9.47 Å². The number of pyridine rings is 1. The fourth-order valence-electron chi connectivity index (χ4n) is 2.21. The highest BCUT2D eigenvalue weighted by Crippen LogP contribution is 2.27. The summed E-state index contributed by atoms with van der Waals surface area (Å²) in [6.45, 7) is 1.23. The molecule has 0 spiro atoms. The number of ether oxygens (including phenoxy) is 2. The van der Waals surface area contributed by atoms with E-state index in [2.05, 4.69) is 10.3 Å². The predicted octanol–water partition coefficient (Wildman–Crippen LogP) is 2.21. The number of hydrogen-bond acceptors (Lipinski definition) is 5. The maximum absolute atomic E-state index is 12.2. The molecule has 0 saturated carbocycles. The number of para-hydroxylation sites is 2. The number of nitrogens with zero attached hydrogens (tertiary/aromatic N) is 1. The van der Waals surface area contributed by atoms with Gasteiger partial charge in [-0.3, -0.25) is 4.79 Å². The Bertz CT molecular complexity index is 669. The van der Waals surface area contributed by atoms with E-state index in [9.17, 15) is 9.90 Å². The van der Waals surface area contributed by atoms with Crippen molar-refractivity contribution in [1.29, 1.82) is 0 Å². The summed E-state index contributed by atoms with van der Waals surface area (Å²) in [5.74, 6) is -0.0822. The van der Waals surface area contributed by atoms with E-state index in [1.54, 1.807) is 24.3 Å². The van der Waals surface area contributed by atoms with Gasteiger partial charge < -0.3 is 19.9 Å². The third-order valence-electron chi connectivity index (χ3n) is 3.32. The van der Waals surface area contributed by atoms with Gasteiger partial charge in [-0.2, -0.15) is 0 Å². The molecule has 1 amide bonds. The molecule has 3 rings (SSSR count). The summed E-state index contributed by atoms with van der Waals surface area (Å²) >= 11 is 0. The summed E-state index contributed by atoms with van der Waals surface area (Å²) in [5, 5.41) is 12.4. The fourth-order valence-corrected chi connectivity index (χ4v) is 2.21. The topological polar surface area (TPSA) is 80.7 Å². The van der Waals surface area contributed by atoms with Crippen LogP contribution in [-0.2, 0) is 4.74 Å². The fraction of sp³-hybridized carbons (Fsp3) is 0.250. The molecule has 2 N–H and O–H groups in total. The van der Waals surface area contributed by atoms with Crippen LogP contribution in [0.2, 0.25) is 0 Å². The van der Waals surface area contributed by atoms with Crippen molar-refractivity contribution in [2.45, 2.75) is 12.5 Å². The summed E-state index contributed by atoms with van der Waals surface area (Å²) in [4.78, 5) is 16.1. The van der Waals surface area contributed by atoms with Crippen LogP contribution in [0.4, 0.5) is 5.69 Å². The number of nitrogens with one attached hydrogen (secondary N) is 1. The van der Waals surface area contributed by atoms with Gasteiger partial charge in [0.25, 0.3) is 5.91 Å². The van der Waals surface area contributed by atoms with Crippen LogP contribution in [0.3, 0.4) is 0 Å². The van der Waals surface area contributed by atoms with Crippen molar-refractivity contribution < 1.29 is 19.4 Å². The Labute approximate surface area is 127 Å². The number of amides is 1. The van der Waals surface area contributed by atoms with E-state index in [0.717, 1.165) is 6.42 Å². The van der Waals surface area contributed by atoms with Crippen molar-refractivity contribution in [1.82, 2.24) is 4.98 Å². The molecule has 6 nitrogen and oxygen atoms in total. The second-order valence-corrected chi connectivity index (χ2v) is 4.92. The Morgan fingerprint density at radius 1 is 1.32 bits per heavy atom. The monoisotopic (exact) mass is 300 g/mol. The van der Waals surface area contributed by atoms with Crippen LogP contribution in [-0.4, -0.2) is 35.3 Å². The van der Waals surface area contributed by atoms with Gasteiger partial charge in [0, 0.05) is 12.6 Å². The zero-order valence-electron chi connectivity index (χ0n) is 11.9. The zero-order chi connectivity index (χ0) is 15.4. The molecule has 1 aromatic heterocycles. The molecular weight excluding hydrogens is 284 g/mol. The molecule has 0 aliphatic carbocycles. The minimum Gasteiger partial charge on any atom is -0.505 e. The molecule has 1 fully saturated rings. The molecule has 2 aromatic rings. The van der Waals surface area contributed by atoms with Crippen molar-refractivity contribution in [3.8, 4) is 11.5 Å². The number of carbonyl (C=O) groups excluding carboxylic acids is 1. The van der Waals surface area contributed by atoms with Crippen LogP contribution in [0, 0.1) is 0 Å². The zero-order valence-corrected chi connectivity index (χ0v) is 11.9. The molecule has 1 aliphatic heterocycles. The smallest absolute Gasteiger partial charge is 0.278 e. The average molecular weight is 300 g/mol. The number of anilines is 1. The lowest BCUT2D eigenvalue weighted by atomic mass is 10.2. The summed E-state index contributed by atoms with van der Waals surface area (Å²) in [5.41, 5.74) is 0.506. The van der Waals surface area contributed by atoms with Crippen molar-refractivity contribution in [3.05, 3.63) is 48.3 Å². The number of aromatic nitrogens is 1. The van der Waals surface area contributed by atoms with E-state index in [1.165, 1.54) is 12.3 Å². The molecule has 0 radical (unpaired) electrons. The lowest BCUT2D eigenvalue weighted by Gasteiger charge is -2.16. The van der Waals surface area contributed by atoms with Crippen LogP contribution >= 0.6 is 0 Å². The van der Waals surface area contributed by atoms with Gasteiger partial charge in [-0.25, -0.2) is 4.98 Å². The molecule has 1 aliphatic rings. The van der Waals surface area contributed by atoms with E-state index >= 15 is 0 Å². The molecule has 0 unspecified atom stereocenters. The first-order valence-corrected chi connectivity index (χ1v) is 7.03. The molecule has 0 bridgehead atoms. The molecule has 6 heteroatoms. The van der Waals surface area contributed by atoms with Gasteiger partial charge >= 0.3 is 0 Å². The lowest BCUT2D eigenvalue weighted by Crippen LogP contribution is -2.18. The number of hydrogen-bond donors (Lipinski definition) is 2. The van der Waals surface area contributed by atoms with Crippen LogP contribution in [0.5, 0.6) is 11.5 Å². The molecule has 22 heavy (non-hydrogen) atoms. The van der Waals surface area contributed by atoms with Crippen molar-refractivity contribution in [2.75, 3.05) is 18.5 Å². The normalized spacial score (nSPS) is 17.2. The van der Waals surface area contributed by atoms with Crippen molar-refractivity contribution >= 4 is 11.6 Å². The first-order valence-electron chi connectivity index (χ1n) is 7.03. The lowest BCUT2D eigenvalue weighted by molar-refractivity contribution is 0.101. The third kappa shape index (κ3) is 3.17. The van der Waals surface area contributed by atoms with E-state index < -0.39 is 5.91 Å². The van der Waals surface area contributed by atoms with Gasteiger partial charge in [-0.05, 0) is 24.3 Å². The molecular formula is C16H16N2O4. The largest absolute Gasteiger partial charge is 0.505 e. The summed E-state index contributed by atoms with van der Waals surface area (Å²) in [6, 6.07) is 10.1. The van der Waals surface area contributed by atoms with Gasteiger partial charge in [0.15, 0.2) is 5.69 Å². The number of carbonyl (C=O) groups is 1. The van der Waals surface area contributed by atoms with Crippen molar-refractivity contribution in [2.24, 2.45) is 0 Å². The SMILES string of the molecule is O=C(Nc1ccccc1O[C@@H]1CCOC1)c1ncccc1O. The third-order valence-corrected chi connectivity index (χ3v) is 3.32. The second kappa shape index (κ2) is 6.44. The van der Waals surface area contributed by atoms with Gasteiger partial charge in [0.05, 0.1) is 18.9 Å². The highest BCUT2D eigenvalue weighted by Gasteiger charge is 2.20. The number of benzene rings is 1. The molecule has 2 heterocycles. The van der Waals surface area contributed by atoms with E-state index in [1.807, 2.05) is 6.07 Å². The summed E-state index contributed by atoms with van der Waals surface area (Å²) in [6.07, 6.45) is 2.26. The average Bonchev–Trinajstić information content (AvgIpc) is 3.02. The van der Waals surface area contributed by atoms with Crippen LogP contribution in [0.1, 0.15) is 16.9 Å². The van der Waals surface area contributed by atoms with Gasteiger partial charge in [0.1, 0.15) is 17.6 Å². The molecule has 114 valence electrons. The molecule has 1 atom stereocenters. The Morgan fingerprint density at radius 3 is 2.95 bits per heavy atom. The van der Waals surface area contributed by atoms with Gasteiger partial charge in [-0.1, -0.05) is 12.1 Å². The minimum atomic E-state index is -0.489. The number of rotatable bonds is 4. The van der Waals surface area contributed by atoms with Crippen molar-refractivity contribution in [3.63, 3.8) is 0 Å². The Morgan fingerprint density at radius 2 is 2.18 bits per heavy atom. The quantitative estimate of drug-likeness (QED) is 0.905. The molecule has 1 aromatic carbocycles. The predicted molar refractivity (Wildman–Crippen MR) is 80.1 cm³/mol. The first kappa shape index (κ1) is 14.3. The highest BCUT2D eigenvalue weighted by atomic mass is 16.5. The van der Waals surface area contributed by atoms with Crippen LogP contribution < -0.4 is 10.1 Å². The van der Waals surface area contributed by atoms with E-state index in [0.29, 0.717) is 24.7 Å². The van der Waals surface area contributed by atoms with Crippen LogP contribution in [0.15, 0.2) is 42.6 Å². The molecule has 1 saturated heterocycles. The summed E-state index contributed by atoms with van der Waals surface area (Å²) < 4.78 is 11.1. The first-order chi connectivity index (χ1) is 10.7. The highest BCUT2D eigenvalue weighted by molar-refractivity contribution is 6.05. The maximum Gasteiger partial charge on any atom is 0.278 e.